The van der Waals surface area contributed by atoms with Crippen molar-refractivity contribution >= 4 is 0 Å². The molecule has 0 unspecified atom stereocenters. The summed E-state index contributed by atoms with van der Waals surface area (Å²) in [4.78, 5) is 0. The first-order valence-electron chi connectivity index (χ1n) is 5.73. The van der Waals surface area contributed by atoms with Crippen molar-refractivity contribution in [1.82, 2.24) is 0 Å². The molecule has 0 aromatic carbocycles. The Hall–Kier alpha value is 1.38. The van der Waals surface area contributed by atoms with Crippen LogP contribution in [0.3, 0.4) is 0 Å². The maximum Gasteiger partial charge on any atom is 0.0777 e. The highest BCUT2D eigenvalue weighted by Crippen LogP contribution is 1.90. The van der Waals surface area contributed by atoms with Gasteiger partial charge >= 0.3 is 0 Å². The molecule has 0 aliphatic carbocycles. The van der Waals surface area contributed by atoms with E-state index in [9.17, 15) is 0 Å². The predicted octanol–water partition coefficient (Wildman–Crippen LogP) is -3.79. The van der Waals surface area contributed by atoms with Gasteiger partial charge < -0.3 is 56.9 Å². The number of rotatable bonds is 4. The molecule has 0 atom stereocenters. The van der Waals surface area contributed by atoms with Gasteiger partial charge in [-0.15, -0.1) is 0 Å². The molecule has 2 nitrogen and oxygen atoms in total. The molecule has 0 rings (SSSR count). The van der Waals surface area contributed by atoms with Crippen LogP contribution in [0.2, 0.25) is 0 Å². The molecule has 0 aliphatic heterocycles. The van der Waals surface area contributed by atoms with Crippen LogP contribution in [0.15, 0.2) is 0 Å². The van der Waals surface area contributed by atoms with Crippen LogP contribution in [0, 0.1) is 0 Å². The molecule has 0 radical (unpaired) electrons. The van der Waals surface area contributed by atoms with E-state index in [0.717, 1.165) is 8.97 Å². The molecule has 16 heavy (non-hydrogen) atoms. The maximum atomic E-state index is 2.21. The van der Waals surface area contributed by atoms with Crippen molar-refractivity contribution in [3.8, 4) is 0 Å². The van der Waals surface area contributed by atoms with Crippen LogP contribution >= 0.6 is 0 Å². The first kappa shape index (κ1) is 26.0. The molecule has 0 heterocycles. The van der Waals surface area contributed by atoms with Crippen molar-refractivity contribution in [3.05, 3.63) is 0 Å². The Morgan fingerprint density at radius 3 is 0.750 bits per heavy atom. The van der Waals surface area contributed by atoms with Gasteiger partial charge in [-0.2, -0.15) is 0 Å². The van der Waals surface area contributed by atoms with Crippen molar-refractivity contribution in [2.45, 2.75) is 26.7 Å². The second-order valence-corrected chi connectivity index (χ2v) is 6.03. The average molecular weight is 458 g/mol. The summed E-state index contributed by atoms with van der Waals surface area (Å²) in [5, 5.41) is 0. The summed E-state index contributed by atoms with van der Waals surface area (Å²) >= 11 is 0. The Labute approximate surface area is 138 Å². The van der Waals surface area contributed by atoms with E-state index in [1.807, 2.05) is 0 Å². The predicted molar refractivity (Wildman–Crippen MR) is 66.4 cm³/mol. The molecular formula is C12H32I2N2. The van der Waals surface area contributed by atoms with E-state index < -0.39 is 0 Å². The second kappa shape index (κ2) is 12.8. The molecular weight excluding hydrogens is 426 g/mol. The standard InChI is InChI=1S/2C6H16N.2HI/c2*1-5-6-7(2,3)4;;/h2*5-6H2,1-4H3;2*1H/q2*+1;;/p-2. The molecule has 0 saturated heterocycles. The highest BCUT2D eigenvalue weighted by atomic mass is 127. The van der Waals surface area contributed by atoms with Gasteiger partial charge in [0, 0.05) is 0 Å². The zero-order chi connectivity index (χ0) is 11.8. The minimum absolute atomic E-state index is 0. The summed E-state index contributed by atoms with van der Waals surface area (Å²) in [6.45, 7) is 6.98. The Bertz CT molecular complexity index is 110. The number of nitrogens with zero attached hydrogens (tertiary/aromatic N) is 2. The normalized spacial score (nSPS) is 10.5. The summed E-state index contributed by atoms with van der Waals surface area (Å²) in [5.41, 5.74) is 0. The monoisotopic (exact) mass is 458 g/mol. The van der Waals surface area contributed by atoms with Crippen molar-refractivity contribution in [3.63, 3.8) is 0 Å². The molecule has 0 amide bonds. The van der Waals surface area contributed by atoms with Crippen molar-refractivity contribution in [2.24, 2.45) is 0 Å². The van der Waals surface area contributed by atoms with Crippen molar-refractivity contribution < 1.29 is 56.9 Å². The van der Waals surface area contributed by atoms with E-state index in [-0.39, 0.29) is 48.0 Å². The van der Waals surface area contributed by atoms with Gasteiger partial charge in [-0.05, 0) is 12.8 Å². The quantitative estimate of drug-likeness (QED) is 0.300. The number of quaternary nitrogens is 2. The lowest BCUT2D eigenvalue weighted by Gasteiger charge is -2.22. The van der Waals surface area contributed by atoms with Crippen molar-refractivity contribution in [2.75, 3.05) is 55.4 Å². The van der Waals surface area contributed by atoms with E-state index in [1.165, 1.54) is 25.9 Å². The molecule has 0 fully saturated rings. The minimum Gasteiger partial charge on any atom is -1.00 e. The smallest absolute Gasteiger partial charge is 0.0777 e. The Morgan fingerprint density at radius 1 is 0.562 bits per heavy atom. The molecule has 0 aliphatic rings. The molecule has 104 valence electrons. The van der Waals surface area contributed by atoms with Gasteiger partial charge in [0.15, 0.2) is 0 Å². The summed E-state index contributed by atoms with van der Waals surface area (Å²) in [6, 6.07) is 0. The zero-order valence-corrected chi connectivity index (χ0v) is 16.8. The number of halogens is 2. The largest absolute Gasteiger partial charge is 1.00 e. The minimum atomic E-state index is 0. The lowest BCUT2D eigenvalue weighted by atomic mass is 10.4. The van der Waals surface area contributed by atoms with Crippen LogP contribution in [0.5, 0.6) is 0 Å². The molecule has 0 bridgehead atoms. The summed E-state index contributed by atoms with van der Waals surface area (Å²) in [5.74, 6) is 0. The first-order valence-corrected chi connectivity index (χ1v) is 5.73. The summed E-state index contributed by atoms with van der Waals surface area (Å²) < 4.78 is 2.19. The zero-order valence-electron chi connectivity index (χ0n) is 12.5. The van der Waals surface area contributed by atoms with Crippen LogP contribution < -0.4 is 48.0 Å². The topological polar surface area (TPSA) is 0 Å². The summed E-state index contributed by atoms with van der Waals surface area (Å²) in [7, 11) is 13.3. The molecule has 0 aromatic heterocycles. The van der Waals surface area contributed by atoms with Crippen LogP contribution in [-0.2, 0) is 0 Å². The molecule has 0 spiro atoms. The highest BCUT2D eigenvalue weighted by molar-refractivity contribution is 4.21. The van der Waals surface area contributed by atoms with Gasteiger partial charge in [-0.1, -0.05) is 13.8 Å². The molecule has 0 saturated carbocycles. The Kier molecular flexibility index (Phi) is 20.9. The molecule has 0 N–H and O–H groups in total. The van der Waals surface area contributed by atoms with Gasteiger partial charge in [0.05, 0.1) is 55.4 Å². The third kappa shape index (κ3) is 36.1. The fourth-order valence-electron chi connectivity index (χ4n) is 1.34. The SMILES string of the molecule is CCC[N+](C)(C)C.CCC[N+](C)(C)C.[I-].[I-]. The third-order valence-corrected chi connectivity index (χ3v) is 1.79. The molecule has 4 heteroatoms. The van der Waals surface area contributed by atoms with E-state index in [1.54, 1.807) is 0 Å². The Morgan fingerprint density at radius 2 is 0.750 bits per heavy atom. The van der Waals surface area contributed by atoms with Gasteiger partial charge in [0.1, 0.15) is 0 Å². The van der Waals surface area contributed by atoms with E-state index in [0.29, 0.717) is 0 Å². The van der Waals surface area contributed by atoms with Gasteiger partial charge in [-0.3, -0.25) is 0 Å². The third-order valence-electron chi connectivity index (χ3n) is 1.79. The van der Waals surface area contributed by atoms with Crippen LogP contribution in [0.25, 0.3) is 0 Å². The van der Waals surface area contributed by atoms with Crippen molar-refractivity contribution in [1.29, 1.82) is 0 Å². The van der Waals surface area contributed by atoms with Gasteiger partial charge in [0.25, 0.3) is 0 Å². The van der Waals surface area contributed by atoms with E-state index in [2.05, 4.69) is 56.1 Å². The van der Waals surface area contributed by atoms with Crippen LogP contribution in [0.1, 0.15) is 26.7 Å². The van der Waals surface area contributed by atoms with Gasteiger partial charge in [-0.25, -0.2) is 0 Å². The second-order valence-electron chi connectivity index (χ2n) is 6.03. The Balaban J connectivity index is -0.0000000800. The lowest BCUT2D eigenvalue weighted by Crippen LogP contribution is -3.00. The van der Waals surface area contributed by atoms with Crippen LogP contribution in [0.4, 0.5) is 0 Å². The van der Waals surface area contributed by atoms with E-state index in [4.69, 9.17) is 0 Å². The number of hydrogen-bond acceptors (Lipinski definition) is 0. The highest BCUT2D eigenvalue weighted by Gasteiger charge is 2.01. The van der Waals surface area contributed by atoms with E-state index >= 15 is 0 Å². The lowest BCUT2D eigenvalue weighted by molar-refractivity contribution is -0.870. The molecule has 0 aromatic rings. The van der Waals surface area contributed by atoms with Crippen LogP contribution in [-0.4, -0.2) is 64.3 Å². The average Bonchev–Trinajstić information content (AvgIpc) is 1.81. The summed E-state index contributed by atoms with van der Waals surface area (Å²) in [6.07, 6.45) is 2.56. The first-order chi connectivity index (χ1) is 6.12. The fraction of sp³-hybridized carbons (Fsp3) is 1.00. The number of hydrogen-bond donors (Lipinski definition) is 0. The maximum absolute atomic E-state index is 2.21. The van der Waals surface area contributed by atoms with Gasteiger partial charge in [0.2, 0.25) is 0 Å². The fourth-order valence-corrected chi connectivity index (χ4v) is 1.34.